The van der Waals surface area contributed by atoms with Gasteiger partial charge in [0.15, 0.2) is 6.10 Å². The Labute approximate surface area is 155 Å². The molecule has 1 aliphatic rings. The van der Waals surface area contributed by atoms with Gasteiger partial charge in [0.25, 0.3) is 5.91 Å². The maximum absolute atomic E-state index is 12.6. The summed E-state index contributed by atoms with van der Waals surface area (Å²) >= 11 is 0. The number of benzene rings is 2. The second kappa shape index (κ2) is 9.12. The van der Waals surface area contributed by atoms with Crippen molar-refractivity contribution in [2.24, 2.45) is 17.5 Å². The summed E-state index contributed by atoms with van der Waals surface area (Å²) in [7, 11) is 0. The summed E-state index contributed by atoms with van der Waals surface area (Å²) in [5, 5.41) is 5.22. The third-order valence-corrected chi connectivity index (χ3v) is 5.46. The van der Waals surface area contributed by atoms with Gasteiger partial charge in [-0.15, -0.1) is 0 Å². The van der Waals surface area contributed by atoms with Crippen LogP contribution in [0.25, 0.3) is 10.8 Å². The molecule has 0 spiro atoms. The van der Waals surface area contributed by atoms with E-state index >= 15 is 0 Å². The Balaban J connectivity index is 1.59. The van der Waals surface area contributed by atoms with Gasteiger partial charge in [0, 0.05) is 12.6 Å². The van der Waals surface area contributed by atoms with Gasteiger partial charge in [-0.1, -0.05) is 74.6 Å². The Morgan fingerprint density at radius 2 is 1.85 bits per heavy atom. The van der Waals surface area contributed by atoms with Crippen LogP contribution in [0.4, 0.5) is 0 Å². The molecule has 1 fully saturated rings. The zero-order valence-corrected chi connectivity index (χ0v) is 15.2. The van der Waals surface area contributed by atoms with Crippen molar-refractivity contribution >= 4 is 16.7 Å². The van der Waals surface area contributed by atoms with Crippen LogP contribution in [0.3, 0.4) is 0 Å². The highest BCUT2D eigenvalue weighted by molar-refractivity contribution is 5.86. The summed E-state index contributed by atoms with van der Waals surface area (Å²) in [6, 6.07) is 13.8. The van der Waals surface area contributed by atoms with E-state index in [2.05, 4.69) is 23.5 Å². The average molecular weight is 355 g/mol. The molecule has 3 rings (SSSR count). The van der Waals surface area contributed by atoms with Crippen LogP contribution >= 0.6 is 0 Å². The highest BCUT2D eigenvalue weighted by Crippen LogP contribution is 2.27. The van der Waals surface area contributed by atoms with Crippen LogP contribution < -0.4 is 16.9 Å². The standard InChI is InChI=1S/C21H29N3O2/c22-19(13-15-7-2-1-3-8-15)20(26-23)21(25)24-14-17-11-6-10-16-9-4-5-12-18(16)17/h4-6,9-12,15,19-20H,1-3,7-8,13-14,22-23H2,(H,24,25). The zero-order valence-electron chi connectivity index (χ0n) is 15.2. The lowest BCUT2D eigenvalue weighted by Gasteiger charge is -2.27. The molecule has 1 amide bonds. The van der Waals surface area contributed by atoms with E-state index in [9.17, 15) is 4.79 Å². The molecule has 0 aliphatic heterocycles. The first-order valence-corrected chi connectivity index (χ1v) is 9.54. The fourth-order valence-electron chi connectivity index (χ4n) is 4.02. The Morgan fingerprint density at radius 3 is 2.62 bits per heavy atom. The largest absolute Gasteiger partial charge is 0.350 e. The van der Waals surface area contributed by atoms with E-state index in [4.69, 9.17) is 16.5 Å². The molecule has 5 nitrogen and oxygen atoms in total. The van der Waals surface area contributed by atoms with Crippen LogP contribution in [-0.4, -0.2) is 18.1 Å². The minimum Gasteiger partial charge on any atom is -0.350 e. The van der Waals surface area contributed by atoms with Gasteiger partial charge in [0.1, 0.15) is 0 Å². The first-order chi connectivity index (χ1) is 12.7. The van der Waals surface area contributed by atoms with E-state index in [1.807, 2.05) is 24.3 Å². The van der Waals surface area contributed by atoms with Crippen LogP contribution in [0.1, 0.15) is 44.1 Å². The van der Waals surface area contributed by atoms with E-state index in [-0.39, 0.29) is 11.9 Å². The molecule has 2 aromatic carbocycles. The van der Waals surface area contributed by atoms with Crippen molar-refractivity contribution in [3.8, 4) is 0 Å². The molecule has 5 N–H and O–H groups in total. The topological polar surface area (TPSA) is 90.4 Å². The molecule has 0 saturated heterocycles. The normalized spacial score (nSPS) is 17.8. The van der Waals surface area contributed by atoms with E-state index in [0.29, 0.717) is 12.5 Å². The molecule has 1 saturated carbocycles. The van der Waals surface area contributed by atoms with Crippen LogP contribution in [-0.2, 0) is 16.2 Å². The number of carbonyl (C=O) groups excluding carboxylic acids is 1. The van der Waals surface area contributed by atoms with Crippen molar-refractivity contribution in [3.05, 3.63) is 48.0 Å². The number of hydrogen-bond acceptors (Lipinski definition) is 4. The summed E-state index contributed by atoms with van der Waals surface area (Å²) in [6.07, 6.45) is 6.13. The Hall–Kier alpha value is -1.95. The monoisotopic (exact) mass is 355 g/mol. The third-order valence-electron chi connectivity index (χ3n) is 5.46. The van der Waals surface area contributed by atoms with Gasteiger partial charge >= 0.3 is 0 Å². The molecule has 2 atom stereocenters. The van der Waals surface area contributed by atoms with Gasteiger partial charge in [-0.05, 0) is 28.7 Å². The maximum Gasteiger partial charge on any atom is 0.253 e. The lowest BCUT2D eigenvalue weighted by Crippen LogP contribution is -2.49. The number of rotatable bonds is 7. The van der Waals surface area contributed by atoms with Gasteiger partial charge < -0.3 is 11.1 Å². The molecule has 0 radical (unpaired) electrons. The van der Waals surface area contributed by atoms with Crippen LogP contribution in [0.15, 0.2) is 42.5 Å². The van der Waals surface area contributed by atoms with Crippen molar-refractivity contribution in [2.45, 2.75) is 57.2 Å². The molecule has 0 bridgehead atoms. The molecule has 2 unspecified atom stereocenters. The fourth-order valence-corrected chi connectivity index (χ4v) is 4.02. The van der Waals surface area contributed by atoms with Gasteiger partial charge in [-0.25, -0.2) is 5.90 Å². The second-order valence-corrected chi connectivity index (χ2v) is 7.32. The van der Waals surface area contributed by atoms with Crippen molar-refractivity contribution in [3.63, 3.8) is 0 Å². The van der Waals surface area contributed by atoms with Gasteiger partial charge in [0.05, 0.1) is 0 Å². The highest BCUT2D eigenvalue weighted by atomic mass is 16.6. The first kappa shape index (κ1) is 18.8. The molecule has 5 heteroatoms. The summed E-state index contributed by atoms with van der Waals surface area (Å²) in [4.78, 5) is 17.5. The summed E-state index contributed by atoms with van der Waals surface area (Å²) in [5.74, 6) is 5.72. The quantitative estimate of drug-likeness (QED) is 0.666. The van der Waals surface area contributed by atoms with Crippen molar-refractivity contribution in [1.29, 1.82) is 0 Å². The Bertz CT molecular complexity index is 723. The molecule has 0 aromatic heterocycles. The smallest absolute Gasteiger partial charge is 0.253 e. The van der Waals surface area contributed by atoms with Gasteiger partial charge in [-0.2, -0.15) is 0 Å². The lowest BCUT2D eigenvalue weighted by atomic mass is 9.84. The van der Waals surface area contributed by atoms with Crippen molar-refractivity contribution in [1.82, 2.24) is 5.32 Å². The number of amides is 1. The molecule has 140 valence electrons. The minimum atomic E-state index is -0.813. The predicted molar refractivity (Wildman–Crippen MR) is 104 cm³/mol. The average Bonchev–Trinajstić information content (AvgIpc) is 2.67. The first-order valence-electron chi connectivity index (χ1n) is 9.54. The number of nitrogens with one attached hydrogen (secondary N) is 1. The maximum atomic E-state index is 12.6. The van der Waals surface area contributed by atoms with Gasteiger partial charge in [0.2, 0.25) is 0 Å². The van der Waals surface area contributed by atoms with Gasteiger partial charge in [-0.3, -0.25) is 9.63 Å². The molecule has 0 heterocycles. The lowest BCUT2D eigenvalue weighted by molar-refractivity contribution is -0.135. The van der Waals surface area contributed by atoms with E-state index in [1.54, 1.807) is 0 Å². The van der Waals surface area contributed by atoms with Crippen LogP contribution in [0, 0.1) is 5.92 Å². The van der Waals surface area contributed by atoms with Crippen molar-refractivity contribution in [2.75, 3.05) is 0 Å². The Morgan fingerprint density at radius 1 is 1.12 bits per heavy atom. The SMILES string of the molecule is NOC(C(=O)NCc1cccc2ccccc12)C(N)CC1CCCCC1. The summed E-state index contributed by atoms with van der Waals surface area (Å²) in [6.45, 7) is 0.427. The molecular formula is C21H29N3O2. The summed E-state index contributed by atoms with van der Waals surface area (Å²) in [5.41, 5.74) is 7.32. The van der Waals surface area contributed by atoms with Crippen LogP contribution in [0.5, 0.6) is 0 Å². The van der Waals surface area contributed by atoms with E-state index < -0.39 is 6.10 Å². The van der Waals surface area contributed by atoms with E-state index in [1.165, 1.54) is 32.1 Å². The highest BCUT2D eigenvalue weighted by Gasteiger charge is 2.29. The molecule has 1 aliphatic carbocycles. The molecular weight excluding hydrogens is 326 g/mol. The summed E-state index contributed by atoms with van der Waals surface area (Å²) < 4.78 is 0. The number of hydrogen-bond donors (Lipinski definition) is 3. The van der Waals surface area contributed by atoms with Crippen LogP contribution in [0.2, 0.25) is 0 Å². The molecule has 26 heavy (non-hydrogen) atoms. The predicted octanol–water partition coefficient (Wildman–Crippen LogP) is 3.01. The van der Waals surface area contributed by atoms with Crippen molar-refractivity contribution < 1.29 is 9.63 Å². The number of nitrogens with two attached hydrogens (primary N) is 2. The third kappa shape index (κ3) is 4.61. The zero-order chi connectivity index (χ0) is 18.4. The number of fused-ring (bicyclic) bond motifs is 1. The fraction of sp³-hybridized carbons (Fsp3) is 0.476. The second-order valence-electron chi connectivity index (χ2n) is 7.32. The van der Waals surface area contributed by atoms with E-state index in [0.717, 1.165) is 22.8 Å². The number of carbonyl (C=O) groups is 1. The molecule has 2 aromatic rings. The minimum absolute atomic E-state index is 0.247. The Kier molecular flexibility index (Phi) is 6.61.